The molecule has 12 heteroatoms. The van der Waals surface area contributed by atoms with Crippen molar-refractivity contribution < 1.29 is 32.3 Å². The van der Waals surface area contributed by atoms with Crippen molar-refractivity contribution in [1.29, 1.82) is 0 Å². The number of carbonyl (C=O) groups is 3. The molecule has 4 rings (SSSR count). The van der Waals surface area contributed by atoms with E-state index < -0.39 is 34.5 Å². The van der Waals surface area contributed by atoms with Gasteiger partial charge in [0, 0.05) is 24.0 Å². The van der Waals surface area contributed by atoms with E-state index >= 15 is 0 Å². The van der Waals surface area contributed by atoms with Gasteiger partial charge in [0.05, 0.1) is 17.2 Å². The second kappa shape index (κ2) is 12.1. The lowest BCUT2D eigenvalue weighted by Crippen LogP contribution is -2.28. The van der Waals surface area contributed by atoms with Crippen LogP contribution in [0.5, 0.6) is 0 Å². The Labute approximate surface area is 229 Å². The van der Waals surface area contributed by atoms with Crippen LogP contribution in [-0.2, 0) is 24.3 Å². The van der Waals surface area contributed by atoms with E-state index in [0.717, 1.165) is 35.8 Å². The molecular weight excluding hydrogens is 552 g/mol. The largest absolute Gasteiger partial charge is 0.462 e. The molecule has 1 fully saturated rings. The Balaban J connectivity index is 1.47. The number of benzene rings is 2. The van der Waals surface area contributed by atoms with Crippen molar-refractivity contribution in [3.8, 4) is 11.1 Å². The number of esters is 2. The lowest BCUT2D eigenvalue weighted by molar-refractivity contribution is -0.119. The van der Waals surface area contributed by atoms with Crippen molar-refractivity contribution in [2.45, 2.75) is 24.7 Å². The molecule has 0 spiro atoms. The topological polar surface area (TPSA) is 119 Å². The summed E-state index contributed by atoms with van der Waals surface area (Å²) in [6.45, 7) is 1.95. The number of hydrogen-bond acceptors (Lipinski definition) is 8. The van der Waals surface area contributed by atoms with Gasteiger partial charge in [-0.3, -0.25) is 4.79 Å². The van der Waals surface area contributed by atoms with Gasteiger partial charge in [0.2, 0.25) is 10.0 Å². The molecule has 0 unspecified atom stereocenters. The van der Waals surface area contributed by atoms with Crippen LogP contribution in [0.4, 0.5) is 5.00 Å². The summed E-state index contributed by atoms with van der Waals surface area (Å²) in [4.78, 5) is 37.7. The highest BCUT2D eigenvalue weighted by Crippen LogP contribution is 2.36. The Bertz CT molecular complexity index is 1450. The maximum Gasteiger partial charge on any atom is 0.341 e. The molecule has 1 aliphatic heterocycles. The molecule has 1 amide bonds. The number of rotatable bonds is 9. The van der Waals surface area contributed by atoms with Crippen LogP contribution in [0, 0.1) is 0 Å². The first kappa shape index (κ1) is 27.8. The molecule has 0 atom stereocenters. The van der Waals surface area contributed by atoms with Gasteiger partial charge in [-0.05, 0) is 43.5 Å². The summed E-state index contributed by atoms with van der Waals surface area (Å²) in [7, 11) is -3.86. The van der Waals surface area contributed by atoms with E-state index in [1.807, 2.05) is 30.3 Å². The van der Waals surface area contributed by atoms with Crippen LogP contribution in [0.15, 0.2) is 58.8 Å². The zero-order chi connectivity index (χ0) is 27.3. The fraction of sp³-hybridized carbons (Fsp3) is 0.269. The number of carbonyl (C=O) groups excluding carboxylic acids is 3. The second-order valence-corrected chi connectivity index (χ2v) is 11.5. The highest BCUT2D eigenvalue weighted by Gasteiger charge is 2.30. The molecule has 0 bridgehead atoms. The summed E-state index contributed by atoms with van der Waals surface area (Å²) in [6.07, 6.45) is 1.51. The number of halogens is 1. The fourth-order valence-corrected chi connectivity index (χ4v) is 6.95. The third-order valence-corrected chi connectivity index (χ3v) is 9.07. The molecule has 3 aromatic rings. The van der Waals surface area contributed by atoms with Crippen molar-refractivity contribution in [3.63, 3.8) is 0 Å². The van der Waals surface area contributed by atoms with Gasteiger partial charge in [-0.25, -0.2) is 18.0 Å². The smallest absolute Gasteiger partial charge is 0.341 e. The monoisotopic (exact) mass is 576 g/mol. The van der Waals surface area contributed by atoms with Crippen LogP contribution in [0.3, 0.4) is 0 Å². The van der Waals surface area contributed by atoms with Crippen LogP contribution >= 0.6 is 22.9 Å². The first-order valence-corrected chi connectivity index (χ1v) is 14.5. The highest BCUT2D eigenvalue weighted by atomic mass is 35.5. The third kappa shape index (κ3) is 6.07. The number of nitrogens with one attached hydrogen (secondary N) is 1. The Morgan fingerprint density at radius 2 is 1.74 bits per heavy atom. The van der Waals surface area contributed by atoms with Gasteiger partial charge in [0.25, 0.3) is 5.91 Å². The molecular formula is C26H25ClN2O7S2. The number of anilines is 1. The maximum atomic E-state index is 12.9. The number of thiophene rings is 1. The molecule has 200 valence electrons. The molecule has 1 aromatic heterocycles. The van der Waals surface area contributed by atoms with Crippen molar-refractivity contribution in [1.82, 2.24) is 4.31 Å². The van der Waals surface area contributed by atoms with E-state index in [-0.39, 0.29) is 32.7 Å². The van der Waals surface area contributed by atoms with Crippen LogP contribution in [0.25, 0.3) is 11.1 Å². The van der Waals surface area contributed by atoms with Gasteiger partial charge >= 0.3 is 11.9 Å². The number of hydrogen-bond donors (Lipinski definition) is 1. The van der Waals surface area contributed by atoms with Gasteiger partial charge in [-0.15, -0.1) is 11.3 Å². The molecule has 1 saturated heterocycles. The number of sulfonamides is 1. The molecule has 38 heavy (non-hydrogen) atoms. The zero-order valence-electron chi connectivity index (χ0n) is 20.4. The Kier molecular flexibility index (Phi) is 8.83. The predicted molar refractivity (Wildman–Crippen MR) is 144 cm³/mol. The van der Waals surface area contributed by atoms with Crippen LogP contribution in [0.1, 0.15) is 40.5 Å². The van der Waals surface area contributed by atoms with Crippen LogP contribution in [-0.4, -0.2) is 56.9 Å². The number of amides is 1. The second-order valence-electron chi connectivity index (χ2n) is 8.32. The maximum absolute atomic E-state index is 12.9. The number of nitrogens with zero attached hydrogens (tertiary/aromatic N) is 1. The zero-order valence-corrected chi connectivity index (χ0v) is 22.8. The lowest BCUT2D eigenvalue weighted by Gasteiger charge is -2.17. The molecule has 0 radical (unpaired) electrons. The average molecular weight is 577 g/mol. The summed E-state index contributed by atoms with van der Waals surface area (Å²) >= 11 is 7.28. The van der Waals surface area contributed by atoms with Gasteiger partial charge in [0.15, 0.2) is 6.61 Å². The standard InChI is InChI=1S/C26H25ClN2O7S2/c1-2-35-26(32)23-19(17-8-4-3-5-9-17)16-37-24(23)28-22(30)15-36-25(31)18-10-11-20(27)21(14-18)38(33,34)29-12-6-7-13-29/h3-5,8-11,14,16H,2,6-7,12-13,15H2,1H3,(H,28,30). The van der Waals surface area contributed by atoms with Gasteiger partial charge in [-0.1, -0.05) is 41.9 Å². The first-order valence-electron chi connectivity index (χ1n) is 11.8. The van der Waals surface area contributed by atoms with E-state index in [1.165, 1.54) is 16.4 Å². The average Bonchev–Trinajstić information content (AvgIpc) is 3.59. The van der Waals surface area contributed by atoms with E-state index in [1.54, 1.807) is 12.3 Å². The minimum atomic E-state index is -3.86. The molecule has 9 nitrogen and oxygen atoms in total. The Morgan fingerprint density at radius 1 is 1.03 bits per heavy atom. The van der Waals surface area contributed by atoms with Crippen LogP contribution in [0.2, 0.25) is 5.02 Å². The minimum absolute atomic E-state index is 0.00963. The SMILES string of the molecule is CCOC(=O)c1c(-c2ccccc2)csc1NC(=O)COC(=O)c1ccc(Cl)c(S(=O)(=O)N2CCCC2)c1. The van der Waals surface area contributed by atoms with E-state index in [2.05, 4.69) is 5.32 Å². The third-order valence-electron chi connectivity index (χ3n) is 5.79. The normalized spacial score (nSPS) is 13.7. The fourth-order valence-electron chi connectivity index (χ4n) is 3.96. The summed E-state index contributed by atoms with van der Waals surface area (Å²) in [5, 5.41) is 4.59. The molecule has 0 saturated carbocycles. The van der Waals surface area contributed by atoms with Gasteiger partial charge in [0.1, 0.15) is 15.5 Å². The Hall–Kier alpha value is -3.25. The van der Waals surface area contributed by atoms with E-state index in [0.29, 0.717) is 18.7 Å². The van der Waals surface area contributed by atoms with Crippen molar-refractivity contribution in [3.05, 3.63) is 70.1 Å². The van der Waals surface area contributed by atoms with E-state index in [4.69, 9.17) is 21.1 Å². The van der Waals surface area contributed by atoms with Crippen molar-refractivity contribution in [2.24, 2.45) is 0 Å². The summed E-state index contributed by atoms with van der Waals surface area (Å²) in [5.41, 5.74) is 1.53. The first-order chi connectivity index (χ1) is 18.2. The molecule has 1 N–H and O–H groups in total. The minimum Gasteiger partial charge on any atom is -0.462 e. The summed E-state index contributed by atoms with van der Waals surface area (Å²) < 4.78 is 37.5. The molecule has 2 heterocycles. The lowest BCUT2D eigenvalue weighted by atomic mass is 10.0. The van der Waals surface area contributed by atoms with Crippen molar-refractivity contribution >= 4 is 55.8 Å². The summed E-state index contributed by atoms with van der Waals surface area (Å²) in [5.74, 6) is -2.16. The Morgan fingerprint density at radius 3 is 2.42 bits per heavy atom. The van der Waals surface area contributed by atoms with Crippen molar-refractivity contribution in [2.75, 3.05) is 31.6 Å². The molecule has 2 aromatic carbocycles. The predicted octanol–water partition coefficient (Wildman–Crippen LogP) is 4.83. The van der Waals surface area contributed by atoms with E-state index in [9.17, 15) is 22.8 Å². The quantitative estimate of drug-likeness (QED) is 0.362. The molecule has 1 aliphatic rings. The number of ether oxygens (including phenoxy) is 2. The van der Waals surface area contributed by atoms with Gasteiger partial charge in [-0.2, -0.15) is 4.31 Å². The van der Waals surface area contributed by atoms with Gasteiger partial charge < -0.3 is 14.8 Å². The molecule has 0 aliphatic carbocycles. The summed E-state index contributed by atoms with van der Waals surface area (Å²) in [6, 6.07) is 13.0. The van der Waals surface area contributed by atoms with Crippen LogP contribution < -0.4 is 5.32 Å². The highest BCUT2D eigenvalue weighted by molar-refractivity contribution is 7.89.